The first-order chi connectivity index (χ1) is 8.01. The second kappa shape index (κ2) is 4.89. The maximum Gasteiger partial charge on any atom is 0.0309 e. The van der Waals surface area contributed by atoms with E-state index in [0.29, 0.717) is 17.1 Å². The smallest absolute Gasteiger partial charge is 0.0309 e. The molecule has 1 aliphatic heterocycles. The van der Waals surface area contributed by atoms with Gasteiger partial charge in [0.05, 0.1) is 0 Å². The summed E-state index contributed by atoms with van der Waals surface area (Å²) in [6.45, 7) is 11.9. The Morgan fingerprint density at radius 1 is 1.18 bits per heavy atom. The van der Waals surface area contributed by atoms with Gasteiger partial charge in [0.1, 0.15) is 0 Å². The number of hydrogen-bond donors (Lipinski definition) is 1. The van der Waals surface area contributed by atoms with Crippen molar-refractivity contribution in [3.63, 3.8) is 0 Å². The topological polar surface area (TPSA) is 15.3 Å². The maximum absolute atomic E-state index is 3.92. The zero-order valence-corrected chi connectivity index (χ0v) is 12.2. The standard InChI is InChI=1S/C15H30N2/c1-5-14(4)11-16-15(9-7-6-8-10-15)12-17(14)13(2)3/h13,16H,5-12H2,1-4H3. The van der Waals surface area contributed by atoms with Crippen molar-refractivity contribution in [2.24, 2.45) is 0 Å². The number of nitrogens with zero attached hydrogens (tertiary/aromatic N) is 1. The van der Waals surface area contributed by atoms with E-state index < -0.39 is 0 Å². The molecule has 0 aromatic carbocycles. The molecule has 1 saturated heterocycles. The molecule has 1 N–H and O–H groups in total. The van der Waals surface area contributed by atoms with Crippen LogP contribution in [0.25, 0.3) is 0 Å². The summed E-state index contributed by atoms with van der Waals surface area (Å²) in [4.78, 5) is 2.76. The van der Waals surface area contributed by atoms with Crippen molar-refractivity contribution in [1.29, 1.82) is 0 Å². The highest BCUT2D eigenvalue weighted by Gasteiger charge is 2.45. The Morgan fingerprint density at radius 2 is 1.82 bits per heavy atom. The third kappa shape index (κ3) is 2.53. The Bertz CT molecular complexity index is 256. The molecule has 0 aromatic heterocycles. The van der Waals surface area contributed by atoms with Crippen molar-refractivity contribution in [2.45, 2.75) is 83.3 Å². The lowest BCUT2D eigenvalue weighted by atomic mass is 9.76. The molecule has 0 aromatic rings. The van der Waals surface area contributed by atoms with E-state index in [1.807, 2.05) is 0 Å². The third-order valence-corrected chi connectivity index (χ3v) is 5.21. The predicted molar refractivity (Wildman–Crippen MR) is 74.4 cm³/mol. The summed E-state index contributed by atoms with van der Waals surface area (Å²) >= 11 is 0. The number of hydrogen-bond acceptors (Lipinski definition) is 2. The minimum absolute atomic E-state index is 0.358. The summed E-state index contributed by atoms with van der Waals surface area (Å²) in [7, 11) is 0. The molecular formula is C15H30N2. The molecule has 1 heterocycles. The van der Waals surface area contributed by atoms with Gasteiger partial charge in [-0.2, -0.15) is 0 Å². The van der Waals surface area contributed by atoms with E-state index in [1.54, 1.807) is 0 Å². The first-order valence-corrected chi connectivity index (χ1v) is 7.53. The lowest BCUT2D eigenvalue weighted by molar-refractivity contribution is -0.0219. The molecule has 1 aliphatic carbocycles. The summed E-state index contributed by atoms with van der Waals surface area (Å²) in [5.74, 6) is 0. The fraction of sp³-hybridized carbons (Fsp3) is 1.00. The van der Waals surface area contributed by atoms with Gasteiger partial charge in [0.15, 0.2) is 0 Å². The van der Waals surface area contributed by atoms with Crippen molar-refractivity contribution in [1.82, 2.24) is 10.2 Å². The van der Waals surface area contributed by atoms with E-state index in [4.69, 9.17) is 0 Å². The highest BCUT2D eigenvalue weighted by Crippen LogP contribution is 2.36. The van der Waals surface area contributed by atoms with Crippen LogP contribution >= 0.6 is 0 Å². The highest BCUT2D eigenvalue weighted by molar-refractivity contribution is 5.04. The largest absolute Gasteiger partial charge is 0.308 e. The average molecular weight is 238 g/mol. The van der Waals surface area contributed by atoms with Crippen LogP contribution in [0.5, 0.6) is 0 Å². The molecule has 2 heteroatoms. The second-order valence-electron chi connectivity index (χ2n) is 6.77. The second-order valence-corrected chi connectivity index (χ2v) is 6.77. The quantitative estimate of drug-likeness (QED) is 0.795. The molecule has 1 spiro atoms. The van der Waals surface area contributed by atoms with Gasteiger partial charge in [-0.3, -0.25) is 4.90 Å². The number of nitrogens with one attached hydrogen (secondary N) is 1. The van der Waals surface area contributed by atoms with Gasteiger partial charge in [0.25, 0.3) is 0 Å². The van der Waals surface area contributed by atoms with Gasteiger partial charge in [-0.25, -0.2) is 0 Å². The molecule has 2 rings (SSSR count). The number of piperazine rings is 1. The Labute approximate surface area is 107 Å². The molecule has 100 valence electrons. The van der Waals surface area contributed by atoms with Crippen LogP contribution in [-0.4, -0.2) is 35.1 Å². The average Bonchev–Trinajstić information content (AvgIpc) is 2.34. The summed E-state index contributed by atoms with van der Waals surface area (Å²) in [5.41, 5.74) is 0.800. The fourth-order valence-corrected chi connectivity index (χ4v) is 3.75. The summed E-state index contributed by atoms with van der Waals surface area (Å²) < 4.78 is 0. The summed E-state index contributed by atoms with van der Waals surface area (Å²) in [5, 5.41) is 3.92. The van der Waals surface area contributed by atoms with E-state index in [0.717, 1.165) is 0 Å². The lowest BCUT2D eigenvalue weighted by Gasteiger charge is -2.56. The minimum Gasteiger partial charge on any atom is -0.308 e. The fourth-order valence-electron chi connectivity index (χ4n) is 3.75. The molecule has 1 saturated carbocycles. The van der Waals surface area contributed by atoms with Gasteiger partial charge in [-0.05, 0) is 40.0 Å². The van der Waals surface area contributed by atoms with E-state index in [1.165, 1.54) is 51.6 Å². The predicted octanol–water partition coefficient (Wildman–Crippen LogP) is 3.17. The third-order valence-electron chi connectivity index (χ3n) is 5.21. The molecule has 2 aliphatic rings. The SMILES string of the molecule is CCC1(C)CNC2(CCCCC2)CN1C(C)C. The molecule has 2 fully saturated rings. The van der Waals surface area contributed by atoms with Crippen LogP contribution in [0.3, 0.4) is 0 Å². The van der Waals surface area contributed by atoms with Crippen LogP contribution in [0.2, 0.25) is 0 Å². The molecule has 1 unspecified atom stereocenters. The Morgan fingerprint density at radius 3 is 2.35 bits per heavy atom. The van der Waals surface area contributed by atoms with E-state index >= 15 is 0 Å². The van der Waals surface area contributed by atoms with Crippen LogP contribution in [0.4, 0.5) is 0 Å². The van der Waals surface area contributed by atoms with Gasteiger partial charge in [0.2, 0.25) is 0 Å². The van der Waals surface area contributed by atoms with Crippen LogP contribution in [0.15, 0.2) is 0 Å². The van der Waals surface area contributed by atoms with Crippen molar-refractivity contribution in [3.8, 4) is 0 Å². The zero-order chi connectivity index (χ0) is 12.5. The Kier molecular flexibility index (Phi) is 3.84. The van der Waals surface area contributed by atoms with E-state index in [-0.39, 0.29) is 0 Å². The van der Waals surface area contributed by atoms with Gasteiger partial charge in [-0.15, -0.1) is 0 Å². The molecule has 17 heavy (non-hydrogen) atoms. The molecular weight excluding hydrogens is 208 g/mol. The van der Waals surface area contributed by atoms with Crippen molar-refractivity contribution >= 4 is 0 Å². The van der Waals surface area contributed by atoms with E-state index in [9.17, 15) is 0 Å². The first kappa shape index (κ1) is 13.4. The first-order valence-electron chi connectivity index (χ1n) is 7.53. The minimum atomic E-state index is 0.358. The Balaban J connectivity index is 2.13. The lowest BCUT2D eigenvalue weighted by Crippen LogP contribution is -2.70. The van der Waals surface area contributed by atoms with Crippen LogP contribution in [-0.2, 0) is 0 Å². The van der Waals surface area contributed by atoms with Crippen LogP contribution < -0.4 is 5.32 Å². The normalized spacial score (nSPS) is 34.4. The van der Waals surface area contributed by atoms with Gasteiger partial charge in [-0.1, -0.05) is 26.2 Å². The molecule has 0 radical (unpaired) electrons. The monoisotopic (exact) mass is 238 g/mol. The van der Waals surface area contributed by atoms with Crippen LogP contribution in [0.1, 0.15) is 66.2 Å². The van der Waals surface area contributed by atoms with Crippen molar-refractivity contribution in [2.75, 3.05) is 13.1 Å². The van der Waals surface area contributed by atoms with Gasteiger partial charge < -0.3 is 5.32 Å². The summed E-state index contributed by atoms with van der Waals surface area (Å²) in [6.07, 6.45) is 8.29. The van der Waals surface area contributed by atoms with Crippen molar-refractivity contribution < 1.29 is 0 Å². The molecule has 1 atom stereocenters. The van der Waals surface area contributed by atoms with Gasteiger partial charge in [0, 0.05) is 30.2 Å². The summed E-state index contributed by atoms with van der Waals surface area (Å²) in [6, 6.07) is 0.667. The van der Waals surface area contributed by atoms with Gasteiger partial charge >= 0.3 is 0 Å². The number of rotatable bonds is 2. The van der Waals surface area contributed by atoms with Crippen molar-refractivity contribution in [3.05, 3.63) is 0 Å². The highest BCUT2D eigenvalue weighted by atomic mass is 15.3. The van der Waals surface area contributed by atoms with E-state index in [2.05, 4.69) is 37.9 Å². The zero-order valence-electron chi connectivity index (χ0n) is 12.2. The Hall–Kier alpha value is -0.0800. The molecule has 0 amide bonds. The maximum atomic E-state index is 3.92. The molecule has 0 bridgehead atoms. The molecule has 2 nitrogen and oxygen atoms in total. The van der Waals surface area contributed by atoms with Crippen LogP contribution in [0, 0.1) is 0 Å².